The van der Waals surface area contributed by atoms with E-state index in [4.69, 9.17) is 4.74 Å². The molecule has 1 aliphatic heterocycles. The zero-order chi connectivity index (χ0) is 11.1. The SMILES string of the molecule is CC1CC(C)(C)Oc2ccccc2C1C. The molecule has 0 aliphatic carbocycles. The Bertz CT molecular complexity index is 354. The van der Waals surface area contributed by atoms with E-state index in [-0.39, 0.29) is 5.60 Å². The van der Waals surface area contributed by atoms with Gasteiger partial charge in [-0.05, 0) is 43.7 Å². The number of benzene rings is 1. The molecule has 2 unspecified atom stereocenters. The molecule has 1 aromatic carbocycles. The molecule has 1 nitrogen and oxygen atoms in total. The lowest BCUT2D eigenvalue weighted by Crippen LogP contribution is -2.29. The summed E-state index contributed by atoms with van der Waals surface area (Å²) in [4.78, 5) is 0. The van der Waals surface area contributed by atoms with E-state index in [0.29, 0.717) is 11.8 Å². The van der Waals surface area contributed by atoms with Gasteiger partial charge in [-0.3, -0.25) is 0 Å². The van der Waals surface area contributed by atoms with Crippen LogP contribution in [0.15, 0.2) is 24.3 Å². The van der Waals surface area contributed by atoms with Gasteiger partial charge in [-0.15, -0.1) is 0 Å². The number of rotatable bonds is 0. The highest BCUT2D eigenvalue weighted by Crippen LogP contribution is 2.41. The third-order valence-electron chi connectivity index (χ3n) is 3.46. The summed E-state index contributed by atoms with van der Waals surface area (Å²) >= 11 is 0. The van der Waals surface area contributed by atoms with E-state index in [0.717, 1.165) is 12.2 Å². The van der Waals surface area contributed by atoms with Gasteiger partial charge in [0.1, 0.15) is 11.4 Å². The second-order valence-electron chi connectivity index (χ2n) is 5.37. The molecule has 1 heterocycles. The van der Waals surface area contributed by atoms with E-state index in [1.54, 1.807) is 0 Å². The summed E-state index contributed by atoms with van der Waals surface area (Å²) in [5.41, 5.74) is 1.32. The maximum atomic E-state index is 6.09. The number of ether oxygens (including phenoxy) is 1. The Labute approximate surface area is 92.5 Å². The molecule has 15 heavy (non-hydrogen) atoms. The van der Waals surface area contributed by atoms with Gasteiger partial charge in [-0.25, -0.2) is 0 Å². The van der Waals surface area contributed by atoms with Gasteiger partial charge in [0.15, 0.2) is 0 Å². The van der Waals surface area contributed by atoms with Crippen LogP contribution in [0.5, 0.6) is 5.75 Å². The summed E-state index contributed by atoms with van der Waals surface area (Å²) in [6.07, 6.45) is 1.11. The van der Waals surface area contributed by atoms with Crippen LogP contribution in [0.3, 0.4) is 0 Å². The van der Waals surface area contributed by atoms with E-state index in [1.165, 1.54) is 5.56 Å². The normalized spacial score (nSPS) is 28.8. The minimum absolute atomic E-state index is 0.0414. The van der Waals surface area contributed by atoms with E-state index < -0.39 is 0 Å². The Kier molecular flexibility index (Phi) is 2.49. The van der Waals surface area contributed by atoms with Gasteiger partial charge in [0.05, 0.1) is 0 Å². The molecule has 1 heteroatoms. The van der Waals surface area contributed by atoms with Crippen molar-refractivity contribution >= 4 is 0 Å². The van der Waals surface area contributed by atoms with E-state index in [2.05, 4.69) is 52.0 Å². The first-order valence-corrected chi connectivity index (χ1v) is 5.77. The Morgan fingerprint density at radius 3 is 2.60 bits per heavy atom. The minimum Gasteiger partial charge on any atom is -0.488 e. The van der Waals surface area contributed by atoms with Gasteiger partial charge in [0, 0.05) is 0 Å². The van der Waals surface area contributed by atoms with Crippen molar-refractivity contribution in [2.75, 3.05) is 0 Å². The summed E-state index contributed by atoms with van der Waals surface area (Å²) in [6.45, 7) is 8.97. The Hall–Kier alpha value is -0.980. The molecule has 1 aliphatic rings. The fraction of sp³-hybridized carbons (Fsp3) is 0.571. The summed E-state index contributed by atoms with van der Waals surface area (Å²) in [5, 5.41) is 0. The van der Waals surface area contributed by atoms with Gasteiger partial charge in [0.2, 0.25) is 0 Å². The first-order chi connectivity index (χ1) is 6.99. The number of hydrogen-bond donors (Lipinski definition) is 0. The van der Waals surface area contributed by atoms with Gasteiger partial charge in [-0.2, -0.15) is 0 Å². The predicted octanol–water partition coefficient (Wildman–Crippen LogP) is 3.99. The molecule has 0 fully saturated rings. The van der Waals surface area contributed by atoms with Crippen molar-refractivity contribution in [3.63, 3.8) is 0 Å². The number of fused-ring (bicyclic) bond motifs is 1. The van der Waals surface area contributed by atoms with Crippen molar-refractivity contribution in [3.05, 3.63) is 29.8 Å². The molecule has 2 rings (SSSR count). The zero-order valence-electron chi connectivity index (χ0n) is 10.1. The molecule has 82 valence electrons. The van der Waals surface area contributed by atoms with Crippen LogP contribution >= 0.6 is 0 Å². The molecule has 0 spiro atoms. The lowest BCUT2D eigenvalue weighted by molar-refractivity contribution is 0.0894. The topological polar surface area (TPSA) is 9.23 Å². The molecule has 0 bridgehead atoms. The molecule has 0 saturated carbocycles. The van der Waals surface area contributed by atoms with Crippen LogP contribution in [0.1, 0.15) is 45.6 Å². The molecule has 0 amide bonds. The number of hydrogen-bond acceptors (Lipinski definition) is 1. The van der Waals surface area contributed by atoms with E-state index in [9.17, 15) is 0 Å². The van der Waals surface area contributed by atoms with Gasteiger partial charge in [0.25, 0.3) is 0 Å². The molecule has 1 aromatic rings. The first kappa shape index (κ1) is 10.5. The molecule has 0 radical (unpaired) electrons. The van der Waals surface area contributed by atoms with Crippen LogP contribution in [0.4, 0.5) is 0 Å². The summed E-state index contributed by atoms with van der Waals surface area (Å²) in [7, 11) is 0. The van der Waals surface area contributed by atoms with Gasteiger partial charge < -0.3 is 4.74 Å². The van der Waals surface area contributed by atoms with Crippen LogP contribution in [-0.2, 0) is 0 Å². The van der Waals surface area contributed by atoms with Crippen molar-refractivity contribution in [3.8, 4) is 5.75 Å². The third kappa shape index (κ3) is 2.01. The fourth-order valence-electron chi connectivity index (χ4n) is 2.55. The maximum Gasteiger partial charge on any atom is 0.123 e. The van der Waals surface area contributed by atoms with Crippen LogP contribution in [0, 0.1) is 5.92 Å². The highest BCUT2D eigenvalue weighted by Gasteiger charge is 2.31. The largest absolute Gasteiger partial charge is 0.488 e. The van der Waals surface area contributed by atoms with Crippen LogP contribution in [0.25, 0.3) is 0 Å². The highest BCUT2D eigenvalue weighted by atomic mass is 16.5. The maximum absolute atomic E-state index is 6.09. The monoisotopic (exact) mass is 204 g/mol. The van der Waals surface area contributed by atoms with Crippen molar-refractivity contribution < 1.29 is 4.74 Å². The predicted molar refractivity (Wildman–Crippen MR) is 63.3 cm³/mol. The second kappa shape index (κ2) is 3.55. The first-order valence-electron chi connectivity index (χ1n) is 5.77. The standard InChI is InChI=1S/C14H20O/c1-10-9-14(3,4)15-13-8-6-5-7-12(13)11(10)2/h5-8,10-11H,9H2,1-4H3. The van der Waals surface area contributed by atoms with Gasteiger partial charge >= 0.3 is 0 Å². The third-order valence-corrected chi connectivity index (χ3v) is 3.46. The van der Waals surface area contributed by atoms with Crippen LogP contribution in [-0.4, -0.2) is 5.60 Å². The average molecular weight is 204 g/mol. The second-order valence-corrected chi connectivity index (χ2v) is 5.37. The lowest BCUT2D eigenvalue weighted by atomic mass is 9.83. The molecule has 0 N–H and O–H groups in total. The molecular formula is C14H20O. The zero-order valence-corrected chi connectivity index (χ0v) is 10.1. The van der Waals surface area contributed by atoms with E-state index in [1.807, 2.05) is 0 Å². The molecule has 0 aromatic heterocycles. The summed E-state index contributed by atoms with van der Waals surface area (Å²) in [5.74, 6) is 2.32. The Morgan fingerprint density at radius 1 is 1.20 bits per heavy atom. The molecule has 0 saturated heterocycles. The minimum atomic E-state index is -0.0414. The van der Waals surface area contributed by atoms with Gasteiger partial charge in [-0.1, -0.05) is 32.0 Å². The van der Waals surface area contributed by atoms with Crippen molar-refractivity contribution in [2.24, 2.45) is 5.92 Å². The highest BCUT2D eigenvalue weighted by molar-refractivity contribution is 5.37. The quantitative estimate of drug-likeness (QED) is 0.621. The average Bonchev–Trinajstić information content (AvgIpc) is 2.23. The fourth-order valence-corrected chi connectivity index (χ4v) is 2.55. The molecule has 2 atom stereocenters. The van der Waals surface area contributed by atoms with Crippen LogP contribution in [0.2, 0.25) is 0 Å². The summed E-state index contributed by atoms with van der Waals surface area (Å²) in [6, 6.07) is 8.44. The van der Waals surface area contributed by atoms with E-state index >= 15 is 0 Å². The molecular weight excluding hydrogens is 184 g/mol. The Balaban J connectivity index is 2.46. The number of para-hydroxylation sites is 1. The van der Waals surface area contributed by atoms with Crippen LogP contribution < -0.4 is 4.74 Å². The van der Waals surface area contributed by atoms with Crippen molar-refractivity contribution in [1.29, 1.82) is 0 Å². The Morgan fingerprint density at radius 2 is 1.87 bits per heavy atom. The lowest BCUT2D eigenvalue weighted by Gasteiger charge is -2.26. The summed E-state index contributed by atoms with van der Waals surface area (Å²) < 4.78 is 6.09. The van der Waals surface area contributed by atoms with Crippen molar-refractivity contribution in [1.82, 2.24) is 0 Å². The van der Waals surface area contributed by atoms with Crippen molar-refractivity contribution in [2.45, 2.75) is 45.6 Å². The smallest absolute Gasteiger partial charge is 0.123 e.